The maximum Gasteiger partial charge on any atom is 0.0931 e. The van der Waals surface area contributed by atoms with Gasteiger partial charge in [-0.05, 0) is 48.3 Å². The van der Waals surface area contributed by atoms with Gasteiger partial charge in [-0.1, -0.05) is 46.2 Å². The first-order chi connectivity index (χ1) is 8.80. The van der Waals surface area contributed by atoms with Gasteiger partial charge in [0.05, 0.1) is 4.34 Å². The molecule has 0 saturated heterocycles. The third kappa shape index (κ3) is 2.86. The van der Waals surface area contributed by atoms with Gasteiger partial charge in [0, 0.05) is 10.9 Å². The third-order valence-electron chi connectivity index (χ3n) is 5.24. The van der Waals surface area contributed by atoms with Crippen LogP contribution in [0.3, 0.4) is 0 Å². The van der Waals surface area contributed by atoms with E-state index in [1.807, 2.05) is 6.07 Å². The minimum Gasteiger partial charge on any atom is -0.313 e. The summed E-state index contributed by atoms with van der Waals surface area (Å²) in [5.41, 5.74) is 0.860. The Morgan fingerprint density at radius 3 is 2.32 bits per heavy atom. The van der Waals surface area contributed by atoms with Crippen LogP contribution in [0.15, 0.2) is 12.1 Å². The molecule has 0 spiro atoms. The van der Waals surface area contributed by atoms with E-state index in [4.69, 9.17) is 11.6 Å². The van der Waals surface area contributed by atoms with Crippen LogP contribution in [0, 0.1) is 16.7 Å². The Labute approximate surface area is 126 Å². The fourth-order valence-electron chi connectivity index (χ4n) is 3.57. The number of rotatable bonds is 6. The molecular formula is C16H26ClNS. The van der Waals surface area contributed by atoms with E-state index in [2.05, 4.69) is 46.0 Å². The van der Waals surface area contributed by atoms with Crippen LogP contribution < -0.4 is 5.32 Å². The molecule has 0 aromatic carbocycles. The summed E-state index contributed by atoms with van der Waals surface area (Å²) in [7, 11) is 0. The quantitative estimate of drug-likeness (QED) is 0.780. The highest BCUT2D eigenvalue weighted by Gasteiger charge is 2.66. The van der Waals surface area contributed by atoms with Crippen LogP contribution >= 0.6 is 22.9 Å². The molecule has 19 heavy (non-hydrogen) atoms. The number of nitrogens with one attached hydrogen (secondary N) is 1. The lowest BCUT2D eigenvalue weighted by molar-refractivity contribution is 0.397. The van der Waals surface area contributed by atoms with E-state index in [0.717, 1.165) is 23.2 Å². The molecule has 3 heteroatoms. The predicted molar refractivity (Wildman–Crippen MR) is 86.2 cm³/mol. The van der Waals surface area contributed by atoms with Gasteiger partial charge in [0.2, 0.25) is 0 Å². The normalized spacial score (nSPS) is 22.4. The summed E-state index contributed by atoms with van der Waals surface area (Å²) in [6.45, 7) is 12.9. The molecular weight excluding hydrogens is 274 g/mol. The van der Waals surface area contributed by atoms with Crippen LogP contribution in [0.25, 0.3) is 0 Å². The van der Waals surface area contributed by atoms with E-state index in [9.17, 15) is 0 Å². The van der Waals surface area contributed by atoms with E-state index in [0.29, 0.717) is 16.9 Å². The van der Waals surface area contributed by atoms with Gasteiger partial charge in [0.1, 0.15) is 0 Å². The van der Waals surface area contributed by atoms with Crippen molar-refractivity contribution in [2.45, 2.75) is 53.5 Å². The van der Waals surface area contributed by atoms with E-state index >= 15 is 0 Å². The molecule has 0 bridgehead atoms. The summed E-state index contributed by atoms with van der Waals surface area (Å²) in [6, 6.07) is 4.76. The summed E-state index contributed by atoms with van der Waals surface area (Å²) < 4.78 is 0.901. The summed E-state index contributed by atoms with van der Waals surface area (Å²) in [5.74, 6) is 0.743. The molecule has 1 N–H and O–H groups in total. The zero-order valence-electron chi connectivity index (χ0n) is 12.7. The van der Waals surface area contributed by atoms with Gasteiger partial charge in [-0.3, -0.25) is 0 Å². The zero-order chi connectivity index (χ0) is 14.3. The van der Waals surface area contributed by atoms with E-state index < -0.39 is 0 Å². The van der Waals surface area contributed by atoms with Crippen LogP contribution in [-0.2, 0) is 6.42 Å². The fraction of sp³-hybridized carbons (Fsp3) is 0.750. The minimum absolute atomic E-state index is 0.430. The first-order valence-electron chi connectivity index (χ1n) is 7.28. The molecule has 1 aromatic heterocycles. The molecule has 1 aliphatic carbocycles. The van der Waals surface area contributed by atoms with E-state index in [-0.39, 0.29) is 0 Å². The molecule has 0 aliphatic heterocycles. The van der Waals surface area contributed by atoms with Gasteiger partial charge in [0.15, 0.2) is 0 Å². The van der Waals surface area contributed by atoms with E-state index in [1.165, 1.54) is 11.3 Å². The molecule has 1 aromatic rings. The first kappa shape index (κ1) is 15.3. The van der Waals surface area contributed by atoms with Crippen molar-refractivity contribution in [3.05, 3.63) is 21.3 Å². The number of thiophene rings is 1. The Kier molecular flexibility index (Phi) is 4.35. The van der Waals surface area contributed by atoms with Crippen molar-refractivity contribution >= 4 is 22.9 Å². The number of hydrogen-bond donors (Lipinski definition) is 1. The largest absolute Gasteiger partial charge is 0.313 e. The van der Waals surface area contributed by atoms with Crippen molar-refractivity contribution in [2.24, 2.45) is 16.7 Å². The molecule has 0 radical (unpaired) electrons. The topological polar surface area (TPSA) is 12.0 Å². The summed E-state index contributed by atoms with van der Waals surface area (Å²) >= 11 is 7.77. The highest BCUT2D eigenvalue weighted by Crippen LogP contribution is 2.69. The summed E-state index contributed by atoms with van der Waals surface area (Å²) in [5, 5.41) is 3.76. The molecule has 0 amide bonds. The van der Waals surface area contributed by atoms with Crippen molar-refractivity contribution in [3.63, 3.8) is 0 Å². The lowest BCUT2D eigenvalue weighted by Crippen LogP contribution is -2.35. The zero-order valence-corrected chi connectivity index (χ0v) is 14.3. The average molecular weight is 300 g/mol. The van der Waals surface area contributed by atoms with Crippen LogP contribution in [0.1, 0.15) is 45.9 Å². The smallest absolute Gasteiger partial charge is 0.0931 e. The van der Waals surface area contributed by atoms with Gasteiger partial charge >= 0.3 is 0 Å². The Morgan fingerprint density at radius 1 is 1.26 bits per heavy atom. The summed E-state index contributed by atoms with van der Waals surface area (Å²) in [4.78, 5) is 1.40. The second-order valence-electron chi connectivity index (χ2n) is 6.89. The van der Waals surface area contributed by atoms with E-state index in [1.54, 1.807) is 11.3 Å². The second kappa shape index (κ2) is 5.38. The maximum absolute atomic E-state index is 6.05. The maximum atomic E-state index is 6.05. The Balaban J connectivity index is 2.09. The molecule has 1 unspecified atom stereocenters. The van der Waals surface area contributed by atoms with Crippen molar-refractivity contribution in [1.29, 1.82) is 0 Å². The van der Waals surface area contributed by atoms with Crippen LogP contribution in [-0.4, -0.2) is 12.6 Å². The van der Waals surface area contributed by atoms with Crippen LogP contribution in [0.2, 0.25) is 4.34 Å². The molecule has 1 aliphatic rings. The highest BCUT2D eigenvalue weighted by atomic mass is 35.5. The Hall–Kier alpha value is -0.0500. The van der Waals surface area contributed by atoms with Gasteiger partial charge in [-0.25, -0.2) is 0 Å². The average Bonchev–Trinajstić information content (AvgIpc) is 2.64. The highest BCUT2D eigenvalue weighted by molar-refractivity contribution is 7.16. The monoisotopic (exact) mass is 299 g/mol. The predicted octanol–water partition coefficient (Wildman–Crippen LogP) is 4.99. The van der Waals surface area contributed by atoms with Crippen LogP contribution in [0.4, 0.5) is 0 Å². The van der Waals surface area contributed by atoms with Crippen molar-refractivity contribution < 1.29 is 0 Å². The van der Waals surface area contributed by atoms with Crippen molar-refractivity contribution in [1.82, 2.24) is 5.32 Å². The van der Waals surface area contributed by atoms with Gasteiger partial charge in [-0.15, -0.1) is 11.3 Å². The van der Waals surface area contributed by atoms with Crippen LogP contribution in [0.5, 0.6) is 0 Å². The molecule has 1 nitrogen and oxygen atoms in total. The molecule has 1 heterocycles. The Bertz CT molecular complexity index is 422. The van der Waals surface area contributed by atoms with Gasteiger partial charge < -0.3 is 5.32 Å². The van der Waals surface area contributed by atoms with Crippen molar-refractivity contribution in [3.8, 4) is 0 Å². The molecule has 1 atom stereocenters. The number of halogens is 1. The molecule has 1 saturated carbocycles. The SMILES string of the molecule is CCCNC(Cc1ccc(Cl)s1)C1C(C)(C)C1(C)C. The molecule has 2 rings (SSSR count). The van der Waals surface area contributed by atoms with Gasteiger partial charge in [0.25, 0.3) is 0 Å². The third-order valence-corrected chi connectivity index (χ3v) is 6.49. The number of hydrogen-bond acceptors (Lipinski definition) is 2. The first-order valence-corrected chi connectivity index (χ1v) is 8.47. The second-order valence-corrected chi connectivity index (χ2v) is 8.69. The van der Waals surface area contributed by atoms with Gasteiger partial charge in [-0.2, -0.15) is 0 Å². The summed E-state index contributed by atoms with van der Waals surface area (Å²) in [6.07, 6.45) is 2.30. The fourth-order valence-corrected chi connectivity index (χ4v) is 4.72. The molecule has 1 fully saturated rings. The molecule has 108 valence electrons. The standard InChI is InChI=1S/C16H26ClNS/c1-6-9-18-12(10-11-7-8-13(17)19-11)14-15(2,3)16(14,4)5/h7-8,12,14,18H,6,9-10H2,1-5H3. The lowest BCUT2D eigenvalue weighted by atomic mass is 10.0. The minimum atomic E-state index is 0.430. The van der Waals surface area contributed by atoms with Crippen molar-refractivity contribution in [2.75, 3.05) is 6.54 Å². The Morgan fingerprint density at radius 2 is 1.89 bits per heavy atom. The lowest BCUT2D eigenvalue weighted by Gasteiger charge is -2.20.